The van der Waals surface area contributed by atoms with Crippen LogP contribution in [0.15, 0.2) is 53.4 Å². The number of rotatable bonds is 5. The maximum Gasteiger partial charge on any atom is 0.343 e. The Hall–Kier alpha value is -2.18. The average molecular weight is 320 g/mol. The minimum Gasteiger partial charge on any atom is -0.423 e. The van der Waals surface area contributed by atoms with Gasteiger partial charge in [-0.2, -0.15) is 8.42 Å². The lowest BCUT2D eigenvalue weighted by molar-refractivity contribution is 0.0733. The Balaban J connectivity index is 2.19. The number of hydrogen-bond donors (Lipinski definition) is 1. The molecular weight excluding hydrogens is 304 g/mol. The zero-order valence-electron chi connectivity index (χ0n) is 12.0. The second kappa shape index (κ2) is 6.72. The van der Waals surface area contributed by atoms with Gasteiger partial charge in [0.15, 0.2) is 0 Å². The molecule has 116 valence electrons. The number of hydrogen-bond acceptors (Lipinski definition) is 4. The van der Waals surface area contributed by atoms with Crippen LogP contribution in [-0.2, 0) is 16.5 Å². The number of aryl methyl sites for hydroxylation is 1. The monoisotopic (exact) mass is 320 g/mol. The fourth-order valence-electron chi connectivity index (χ4n) is 2.05. The fraction of sp³-hybridized carbons (Fsp3) is 0.188. The molecule has 2 aromatic rings. The summed E-state index contributed by atoms with van der Waals surface area (Å²) in [7, 11) is -4.25. The van der Waals surface area contributed by atoms with Crippen LogP contribution in [0.4, 0.5) is 0 Å². The van der Waals surface area contributed by atoms with E-state index in [0.717, 1.165) is 18.4 Å². The smallest absolute Gasteiger partial charge is 0.343 e. The summed E-state index contributed by atoms with van der Waals surface area (Å²) in [4.78, 5) is 12.0. The third-order valence-corrected chi connectivity index (χ3v) is 3.96. The Morgan fingerprint density at radius 3 is 2.32 bits per heavy atom. The molecule has 2 rings (SSSR count). The van der Waals surface area contributed by atoms with Crippen LogP contribution in [0.5, 0.6) is 5.75 Å². The summed E-state index contributed by atoms with van der Waals surface area (Å²) in [6, 6.07) is 12.2. The van der Waals surface area contributed by atoms with E-state index < -0.39 is 16.1 Å². The molecule has 0 radical (unpaired) electrons. The summed E-state index contributed by atoms with van der Waals surface area (Å²) in [6.45, 7) is 2.02. The number of carbonyl (C=O) groups is 1. The van der Waals surface area contributed by atoms with Crippen molar-refractivity contribution >= 4 is 16.1 Å². The Morgan fingerprint density at radius 2 is 1.73 bits per heavy atom. The van der Waals surface area contributed by atoms with Crippen LogP contribution in [-0.4, -0.2) is 18.9 Å². The first kappa shape index (κ1) is 16.2. The van der Waals surface area contributed by atoms with Crippen LogP contribution in [0, 0.1) is 0 Å². The summed E-state index contributed by atoms with van der Waals surface area (Å²) < 4.78 is 36.0. The van der Waals surface area contributed by atoms with Crippen molar-refractivity contribution in [3.05, 3.63) is 59.7 Å². The number of carbonyl (C=O) groups excluding carboxylic acids is 1. The summed E-state index contributed by atoms with van der Waals surface area (Å²) in [5, 5.41) is 0. The molecule has 0 saturated heterocycles. The Labute approximate surface area is 129 Å². The molecule has 0 aromatic heterocycles. The van der Waals surface area contributed by atoms with Crippen LogP contribution in [0.25, 0.3) is 0 Å². The maximum atomic E-state index is 12.2. The average Bonchev–Trinajstić information content (AvgIpc) is 2.47. The van der Waals surface area contributed by atoms with E-state index in [4.69, 9.17) is 9.29 Å². The fourth-order valence-corrected chi connectivity index (χ4v) is 2.53. The van der Waals surface area contributed by atoms with Gasteiger partial charge in [-0.05, 0) is 42.3 Å². The van der Waals surface area contributed by atoms with Crippen molar-refractivity contribution < 1.29 is 22.5 Å². The molecule has 0 aliphatic rings. The van der Waals surface area contributed by atoms with E-state index >= 15 is 0 Å². The molecular formula is C16H16O5S. The first-order chi connectivity index (χ1) is 10.4. The highest BCUT2D eigenvalue weighted by Gasteiger charge is 2.14. The molecule has 0 heterocycles. The molecule has 0 amide bonds. The Kier molecular flexibility index (Phi) is 4.95. The largest absolute Gasteiger partial charge is 0.423 e. The summed E-state index contributed by atoms with van der Waals surface area (Å²) in [5.74, 6) is -0.285. The van der Waals surface area contributed by atoms with Gasteiger partial charge >= 0.3 is 5.97 Å². The van der Waals surface area contributed by atoms with E-state index in [9.17, 15) is 13.2 Å². The molecule has 6 heteroatoms. The minimum absolute atomic E-state index is 0.212. The number of benzene rings is 2. The second-order valence-electron chi connectivity index (χ2n) is 4.74. The highest BCUT2D eigenvalue weighted by atomic mass is 32.2. The van der Waals surface area contributed by atoms with Crippen LogP contribution < -0.4 is 4.74 Å². The lowest BCUT2D eigenvalue weighted by Gasteiger charge is -2.09. The summed E-state index contributed by atoms with van der Waals surface area (Å²) >= 11 is 0. The SMILES string of the molecule is CCCc1ccccc1C(=O)Oc1ccc(S(=O)(=O)O)cc1. The number of esters is 1. The molecule has 0 aliphatic carbocycles. The van der Waals surface area contributed by atoms with E-state index in [0.29, 0.717) is 5.56 Å². The normalized spacial score (nSPS) is 11.2. The summed E-state index contributed by atoms with van der Waals surface area (Å²) in [5.41, 5.74) is 1.40. The first-order valence-electron chi connectivity index (χ1n) is 6.79. The lowest BCUT2D eigenvalue weighted by Crippen LogP contribution is -2.11. The molecule has 5 nitrogen and oxygen atoms in total. The molecule has 22 heavy (non-hydrogen) atoms. The van der Waals surface area contributed by atoms with E-state index in [1.165, 1.54) is 24.3 Å². The quantitative estimate of drug-likeness (QED) is 0.520. The standard InChI is InChI=1S/C16H16O5S/c1-2-5-12-6-3-4-7-15(12)16(17)21-13-8-10-14(11-9-13)22(18,19)20/h3-4,6-11H,2,5H2,1H3,(H,18,19,20). The molecule has 0 bridgehead atoms. The molecule has 0 fully saturated rings. The Bertz CT molecular complexity index is 763. The van der Waals surface area contributed by atoms with Crippen LogP contribution >= 0.6 is 0 Å². The molecule has 0 aliphatic heterocycles. The van der Waals surface area contributed by atoms with E-state index in [-0.39, 0.29) is 10.6 Å². The molecule has 1 N–H and O–H groups in total. The van der Waals surface area contributed by atoms with Gasteiger partial charge in [-0.15, -0.1) is 0 Å². The second-order valence-corrected chi connectivity index (χ2v) is 6.16. The van der Waals surface area contributed by atoms with Gasteiger partial charge in [-0.25, -0.2) is 4.79 Å². The van der Waals surface area contributed by atoms with Gasteiger partial charge in [0.2, 0.25) is 0 Å². The minimum atomic E-state index is -4.25. The van der Waals surface area contributed by atoms with Crippen molar-refractivity contribution in [3.63, 3.8) is 0 Å². The lowest BCUT2D eigenvalue weighted by atomic mass is 10.0. The van der Waals surface area contributed by atoms with Gasteiger partial charge in [0, 0.05) is 0 Å². The third-order valence-electron chi connectivity index (χ3n) is 3.09. The highest BCUT2D eigenvalue weighted by molar-refractivity contribution is 7.85. The predicted octanol–water partition coefficient (Wildman–Crippen LogP) is 3.11. The van der Waals surface area contributed by atoms with Crippen molar-refractivity contribution in [2.24, 2.45) is 0 Å². The van der Waals surface area contributed by atoms with Gasteiger partial charge in [0.05, 0.1) is 10.5 Å². The van der Waals surface area contributed by atoms with E-state index in [1.807, 2.05) is 19.1 Å². The van der Waals surface area contributed by atoms with E-state index in [1.54, 1.807) is 12.1 Å². The van der Waals surface area contributed by atoms with Crippen molar-refractivity contribution in [1.82, 2.24) is 0 Å². The molecule has 0 saturated carbocycles. The zero-order valence-corrected chi connectivity index (χ0v) is 12.8. The molecule has 0 atom stereocenters. The van der Waals surface area contributed by atoms with Gasteiger partial charge in [-0.1, -0.05) is 31.5 Å². The molecule has 2 aromatic carbocycles. The zero-order chi connectivity index (χ0) is 16.2. The molecule has 0 unspecified atom stereocenters. The summed E-state index contributed by atoms with van der Waals surface area (Å²) in [6.07, 6.45) is 1.68. The van der Waals surface area contributed by atoms with Gasteiger partial charge in [0.25, 0.3) is 10.1 Å². The topological polar surface area (TPSA) is 80.7 Å². The van der Waals surface area contributed by atoms with Crippen molar-refractivity contribution in [2.75, 3.05) is 0 Å². The number of ether oxygens (including phenoxy) is 1. The van der Waals surface area contributed by atoms with Crippen molar-refractivity contribution in [3.8, 4) is 5.75 Å². The van der Waals surface area contributed by atoms with Gasteiger partial charge < -0.3 is 4.74 Å². The highest BCUT2D eigenvalue weighted by Crippen LogP contribution is 2.19. The Morgan fingerprint density at radius 1 is 1.09 bits per heavy atom. The first-order valence-corrected chi connectivity index (χ1v) is 8.23. The maximum absolute atomic E-state index is 12.2. The van der Waals surface area contributed by atoms with Crippen molar-refractivity contribution in [1.29, 1.82) is 0 Å². The van der Waals surface area contributed by atoms with Crippen LogP contribution in [0.3, 0.4) is 0 Å². The third kappa shape index (κ3) is 3.93. The van der Waals surface area contributed by atoms with E-state index in [2.05, 4.69) is 0 Å². The van der Waals surface area contributed by atoms with Crippen LogP contribution in [0.1, 0.15) is 29.3 Å². The van der Waals surface area contributed by atoms with Gasteiger partial charge in [-0.3, -0.25) is 4.55 Å². The van der Waals surface area contributed by atoms with Crippen LogP contribution in [0.2, 0.25) is 0 Å². The molecule has 0 spiro atoms. The van der Waals surface area contributed by atoms with Gasteiger partial charge in [0.1, 0.15) is 5.75 Å². The predicted molar refractivity (Wildman–Crippen MR) is 81.7 cm³/mol. The van der Waals surface area contributed by atoms with Crippen molar-refractivity contribution in [2.45, 2.75) is 24.7 Å².